The van der Waals surface area contributed by atoms with Crippen LogP contribution < -0.4 is 10.9 Å². The van der Waals surface area contributed by atoms with E-state index in [4.69, 9.17) is 0 Å². The number of nitrogens with zero attached hydrogens (tertiary/aromatic N) is 5. The lowest BCUT2D eigenvalue weighted by molar-refractivity contribution is -0.113. The maximum absolute atomic E-state index is 12.4. The summed E-state index contributed by atoms with van der Waals surface area (Å²) in [5.74, 6) is 0.829. The molecule has 4 aromatic rings. The van der Waals surface area contributed by atoms with E-state index in [1.807, 2.05) is 18.2 Å². The first-order valence-electron chi connectivity index (χ1n) is 7.91. The number of hydrogen-bond acceptors (Lipinski definition) is 6. The molecule has 3 aromatic heterocycles. The van der Waals surface area contributed by atoms with Gasteiger partial charge in [-0.2, -0.15) is 0 Å². The van der Waals surface area contributed by atoms with Crippen LogP contribution in [0.5, 0.6) is 0 Å². The lowest BCUT2D eigenvalue weighted by atomic mass is 10.2. The predicted molar refractivity (Wildman–Crippen MR) is 107 cm³/mol. The minimum absolute atomic E-state index is 0.135. The van der Waals surface area contributed by atoms with Gasteiger partial charge in [-0.1, -0.05) is 23.9 Å². The van der Waals surface area contributed by atoms with E-state index in [0.29, 0.717) is 27.7 Å². The van der Waals surface area contributed by atoms with E-state index in [1.165, 1.54) is 16.3 Å². The van der Waals surface area contributed by atoms with E-state index in [9.17, 15) is 9.59 Å². The van der Waals surface area contributed by atoms with Crippen LogP contribution in [0.4, 0.5) is 5.82 Å². The highest BCUT2D eigenvalue weighted by Gasteiger charge is 2.16. The zero-order valence-corrected chi connectivity index (χ0v) is 16.5. The number of anilines is 1. The fourth-order valence-electron chi connectivity index (χ4n) is 2.66. The highest BCUT2D eigenvalue weighted by atomic mass is 79.9. The fraction of sp³-hybridized carbons (Fsp3) is 0.118. The van der Waals surface area contributed by atoms with Crippen molar-refractivity contribution in [2.45, 2.75) is 5.16 Å². The largest absolute Gasteiger partial charge is 0.310 e. The van der Waals surface area contributed by atoms with Crippen LogP contribution in [0.3, 0.4) is 0 Å². The van der Waals surface area contributed by atoms with Gasteiger partial charge in [0.2, 0.25) is 11.7 Å². The highest BCUT2D eigenvalue weighted by Crippen LogP contribution is 2.21. The minimum atomic E-state index is -0.208. The third kappa shape index (κ3) is 3.33. The normalized spacial score (nSPS) is 11.2. The second kappa shape index (κ2) is 7.12. The number of pyridine rings is 1. The molecule has 136 valence electrons. The number of carbonyl (C=O) groups excluding carboxylic acids is 1. The SMILES string of the molecule is Cn1c(=O)c2ccccc2n2c(SCC(=O)Nc3ccc(Br)cn3)nnc12. The number of rotatable bonds is 4. The van der Waals surface area contributed by atoms with Gasteiger partial charge in [-0.3, -0.25) is 18.6 Å². The smallest absolute Gasteiger partial charge is 0.262 e. The number of amides is 1. The zero-order chi connectivity index (χ0) is 19.0. The van der Waals surface area contributed by atoms with Gasteiger partial charge in [0.05, 0.1) is 16.7 Å². The van der Waals surface area contributed by atoms with Gasteiger partial charge >= 0.3 is 0 Å². The number of nitrogens with one attached hydrogen (secondary N) is 1. The number of para-hydroxylation sites is 1. The quantitative estimate of drug-likeness (QED) is 0.485. The van der Waals surface area contributed by atoms with Gasteiger partial charge < -0.3 is 5.32 Å². The minimum Gasteiger partial charge on any atom is -0.310 e. The Labute approximate surface area is 165 Å². The first-order valence-corrected chi connectivity index (χ1v) is 9.69. The fourth-order valence-corrected chi connectivity index (χ4v) is 3.64. The molecule has 1 amide bonds. The summed E-state index contributed by atoms with van der Waals surface area (Å²) in [7, 11) is 1.65. The Balaban J connectivity index is 1.62. The first-order chi connectivity index (χ1) is 13.0. The lowest BCUT2D eigenvalue weighted by Crippen LogP contribution is -2.20. The van der Waals surface area contributed by atoms with Crippen LogP contribution >= 0.6 is 27.7 Å². The van der Waals surface area contributed by atoms with Crippen molar-refractivity contribution >= 4 is 56.1 Å². The average Bonchev–Trinajstić information content (AvgIpc) is 3.10. The molecule has 27 heavy (non-hydrogen) atoms. The van der Waals surface area contributed by atoms with Gasteiger partial charge in [0.15, 0.2) is 5.16 Å². The van der Waals surface area contributed by atoms with E-state index >= 15 is 0 Å². The van der Waals surface area contributed by atoms with Crippen molar-refractivity contribution in [3.63, 3.8) is 0 Å². The standard InChI is InChI=1S/C17H13BrN6O2S/c1-23-15(26)11-4-2-3-5-12(11)24-16(23)21-22-17(24)27-9-14(25)20-13-7-6-10(18)8-19-13/h2-8H,9H2,1H3,(H,19,20,25). The number of hydrogen-bond donors (Lipinski definition) is 1. The van der Waals surface area contributed by atoms with Crippen LogP contribution in [0.1, 0.15) is 0 Å². The lowest BCUT2D eigenvalue weighted by Gasteiger charge is -2.07. The summed E-state index contributed by atoms with van der Waals surface area (Å²) in [6.07, 6.45) is 1.61. The molecule has 10 heteroatoms. The summed E-state index contributed by atoms with van der Waals surface area (Å²) in [5, 5.41) is 12.1. The molecule has 4 rings (SSSR count). The molecule has 1 N–H and O–H groups in total. The number of aryl methyl sites for hydroxylation is 1. The van der Waals surface area contributed by atoms with Crippen LogP contribution in [-0.4, -0.2) is 35.8 Å². The molecule has 0 saturated carbocycles. The Kier molecular flexibility index (Phi) is 4.66. The number of benzene rings is 1. The molecule has 0 unspecified atom stereocenters. The van der Waals surface area contributed by atoms with Crippen molar-refractivity contribution in [2.75, 3.05) is 11.1 Å². The monoisotopic (exact) mass is 444 g/mol. The molecular formula is C17H13BrN6O2S. The Hall–Kier alpha value is -2.72. The molecule has 0 spiro atoms. The molecule has 3 heterocycles. The summed E-state index contributed by atoms with van der Waals surface area (Å²) < 4.78 is 4.07. The van der Waals surface area contributed by atoms with E-state index in [2.05, 4.69) is 36.4 Å². The Morgan fingerprint density at radius 3 is 2.81 bits per heavy atom. The molecule has 8 nitrogen and oxygen atoms in total. The summed E-state index contributed by atoms with van der Waals surface area (Å²) in [4.78, 5) is 28.8. The van der Waals surface area contributed by atoms with Crippen molar-refractivity contribution in [2.24, 2.45) is 7.05 Å². The summed E-state index contributed by atoms with van der Waals surface area (Å²) in [5.41, 5.74) is 0.569. The number of thioether (sulfide) groups is 1. The van der Waals surface area contributed by atoms with Crippen LogP contribution in [0, 0.1) is 0 Å². The zero-order valence-electron chi connectivity index (χ0n) is 14.1. The highest BCUT2D eigenvalue weighted by molar-refractivity contribution is 9.10. The molecule has 1 aromatic carbocycles. The second-order valence-corrected chi connectivity index (χ2v) is 7.56. The summed E-state index contributed by atoms with van der Waals surface area (Å²) in [6.45, 7) is 0. The van der Waals surface area contributed by atoms with Gasteiger partial charge in [-0.05, 0) is 40.2 Å². The van der Waals surface area contributed by atoms with Gasteiger partial charge in [0.1, 0.15) is 5.82 Å². The number of aromatic nitrogens is 5. The Morgan fingerprint density at radius 2 is 2.04 bits per heavy atom. The van der Waals surface area contributed by atoms with Crippen LogP contribution in [0.25, 0.3) is 16.7 Å². The van der Waals surface area contributed by atoms with Crippen molar-refractivity contribution in [1.82, 2.24) is 24.1 Å². The van der Waals surface area contributed by atoms with Crippen LogP contribution in [0.15, 0.2) is 57.0 Å². The van der Waals surface area contributed by atoms with Crippen LogP contribution in [0.2, 0.25) is 0 Å². The second-order valence-electron chi connectivity index (χ2n) is 5.70. The molecule has 0 atom stereocenters. The number of fused-ring (bicyclic) bond motifs is 3. The van der Waals surface area contributed by atoms with Crippen LogP contribution in [-0.2, 0) is 11.8 Å². The third-order valence-electron chi connectivity index (χ3n) is 3.92. The topological polar surface area (TPSA) is 94.2 Å². The van der Waals surface area contributed by atoms with Gasteiger partial charge in [-0.25, -0.2) is 4.98 Å². The Bertz CT molecular complexity index is 1220. The third-order valence-corrected chi connectivity index (χ3v) is 5.32. The molecule has 0 aliphatic rings. The van der Waals surface area contributed by atoms with E-state index < -0.39 is 0 Å². The molecule has 0 saturated heterocycles. The number of halogens is 1. The van der Waals surface area contributed by atoms with E-state index in [-0.39, 0.29) is 17.2 Å². The molecule has 0 aliphatic heterocycles. The molecule has 0 fully saturated rings. The van der Waals surface area contributed by atoms with Gasteiger partial charge in [0, 0.05) is 17.7 Å². The van der Waals surface area contributed by atoms with Crippen molar-refractivity contribution in [3.05, 3.63) is 57.4 Å². The van der Waals surface area contributed by atoms with Crippen molar-refractivity contribution < 1.29 is 4.79 Å². The maximum Gasteiger partial charge on any atom is 0.262 e. The Morgan fingerprint density at radius 1 is 1.22 bits per heavy atom. The molecule has 0 radical (unpaired) electrons. The van der Waals surface area contributed by atoms with Gasteiger partial charge in [0.25, 0.3) is 5.56 Å². The summed E-state index contributed by atoms with van der Waals surface area (Å²) >= 11 is 4.54. The predicted octanol–water partition coefficient (Wildman–Crippen LogP) is 2.47. The van der Waals surface area contributed by atoms with E-state index in [1.54, 1.807) is 35.8 Å². The maximum atomic E-state index is 12.4. The van der Waals surface area contributed by atoms with Crippen molar-refractivity contribution in [1.29, 1.82) is 0 Å². The van der Waals surface area contributed by atoms with Crippen molar-refractivity contribution in [3.8, 4) is 0 Å². The molecular weight excluding hydrogens is 432 g/mol. The molecule has 0 bridgehead atoms. The average molecular weight is 445 g/mol. The first kappa shape index (κ1) is 17.7. The summed E-state index contributed by atoms with van der Waals surface area (Å²) in [6, 6.07) is 10.8. The number of carbonyl (C=O) groups is 1. The van der Waals surface area contributed by atoms with E-state index in [0.717, 1.165) is 4.47 Å². The van der Waals surface area contributed by atoms with Gasteiger partial charge in [-0.15, -0.1) is 10.2 Å². The molecule has 0 aliphatic carbocycles.